The predicted octanol–water partition coefficient (Wildman–Crippen LogP) is 3.36. The minimum atomic E-state index is -0.132. The summed E-state index contributed by atoms with van der Waals surface area (Å²) in [5.41, 5.74) is 4.52. The van der Waals surface area contributed by atoms with Gasteiger partial charge in [0.05, 0.1) is 12.1 Å². The Hall–Kier alpha value is -2.45. The number of carbonyl (C=O) groups excluding carboxylic acids is 1. The second-order valence-electron chi connectivity index (χ2n) is 6.79. The monoisotopic (exact) mass is 428 g/mol. The van der Waals surface area contributed by atoms with Crippen LogP contribution in [0, 0.1) is 13.8 Å². The van der Waals surface area contributed by atoms with E-state index in [0.29, 0.717) is 19.5 Å². The number of carbonyl (C=O) groups is 1. The maximum Gasteiger partial charge on any atom is 0.266 e. The van der Waals surface area contributed by atoms with Crippen LogP contribution in [-0.4, -0.2) is 27.2 Å². The molecule has 2 heterocycles. The molecule has 0 spiro atoms. The van der Waals surface area contributed by atoms with Crippen molar-refractivity contribution in [2.75, 3.05) is 6.54 Å². The molecule has 0 atom stereocenters. The molecule has 8 heteroatoms. The summed E-state index contributed by atoms with van der Waals surface area (Å²) in [4.78, 5) is 28.3. The van der Waals surface area contributed by atoms with Crippen LogP contribution < -0.4 is 10.9 Å². The maximum absolute atomic E-state index is 12.1. The first-order valence-corrected chi connectivity index (χ1v) is 11.3. The molecule has 3 rings (SSSR count). The molecule has 6 nitrogen and oxygen atoms in total. The quantitative estimate of drug-likeness (QED) is 0.418. The lowest BCUT2D eigenvalue weighted by Crippen LogP contribution is -2.28. The Balaban J connectivity index is 1.41. The van der Waals surface area contributed by atoms with Crippen molar-refractivity contribution < 1.29 is 4.79 Å². The normalized spacial score (nSPS) is 10.8. The second kappa shape index (κ2) is 10.4. The highest BCUT2D eigenvalue weighted by Gasteiger charge is 2.09. The highest BCUT2D eigenvalue weighted by Crippen LogP contribution is 2.27. The molecule has 0 fully saturated rings. The van der Waals surface area contributed by atoms with Gasteiger partial charge in [-0.15, -0.1) is 11.3 Å². The molecule has 2 aromatic heterocycles. The Bertz CT molecular complexity index is 1030. The first-order valence-electron chi connectivity index (χ1n) is 9.43. The van der Waals surface area contributed by atoms with Crippen LogP contribution in [0.4, 0.5) is 0 Å². The van der Waals surface area contributed by atoms with Gasteiger partial charge in [0.1, 0.15) is 4.34 Å². The van der Waals surface area contributed by atoms with Crippen LogP contribution in [0.2, 0.25) is 0 Å². The number of benzene rings is 1. The number of thioether (sulfide) groups is 1. The number of thiazole rings is 1. The molecule has 0 aliphatic carbocycles. The number of hydrogen-bond donors (Lipinski definition) is 1. The molecule has 1 amide bonds. The molecule has 0 bridgehead atoms. The number of hydrogen-bond acceptors (Lipinski definition) is 6. The summed E-state index contributed by atoms with van der Waals surface area (Å²) in [6.07, 6.45) is 2.50. The van der Waals surface area contributed by atoms with E-state index in [-0.39, 0.29) is 17.9 Å². The van der Waals surface area contributed by atoms with E-state index in [1.54, 1.807) is 35.4 Å². The molecule has 0 saturated heterocycles. The summed E-state index contributed by atoms with van der Waals surface area (Å²) in [6.45, 7) is 5.20. The van der Waals surface area contributed by atoms with Gasteiger partial charge in [-0.2, -0.15) is 5.10 Å². The fraction of sp³-hybridized carbons (Fsp3) is 0.333. The number of nitrogens with one attached hydrogen (secondary N) is 1. The fourth-order valence-electron chi connectivity index (χ4n) is 2.77. The van der Waals surface area contributed by atoms with Gasteiger partial charge in [-0.3, -0.25) is 9.59 Å². The van der Waals surface area contributed by atoms with Gasteiger partial charge in [-0.25, -0.2) is 9.67 Å². The molecule has 0 aliphatic rings. The van der Waals surface area contributed by atoms with E-state index in [0.717, 1.165) is 15.8 Å². The first-order chi connectivity index (χ1) is 14.0. The van der Waals surface area contributed by atoms with Crippen molar-refractivity contribution in [3.05, 3.63) is 74.6 Å². The van der Waals surface area contributed by atoms with E-state index in [1.165, 1.54) is 27.4 Å². The average molecular weight is 429 g/mol. The van der Waals surface area contributed by atoms with Crippen molar-refractivity contribution >= 4 is 29.0 Å². The molecular formula is C21H24N4O2S2. The number of rotatable bonds is 9. The smallest absolute Gasteiger partial charge is 0.266 e. The zero-order chi connectivity index (χ0) is 20.6. The van der Waals surface area contributed by atoms with Crippen molar-refractivity contribution in [2.24, 2.45) is 0 Å². The fourth-order valence-corrected chi connectivity index (χ4v) is 4.68. The second-order valence-corrected chi connectivity index (χ2v) is 8.87. The Kier molecular flexibility index (Phi) is 7.60. The number of aryl methyl sites for hydroxylation is 3. The molecule has 152 valence electrons. The van der Waals surface area contributed by atoms with Crippen molar-refractivity contribution in [1.29, 1.82) is 0 Å². The summed E-state index contributed by atoms with van der Waals surface area (Å²) < 4.78 is 2.37. The van der Waals surface area contributed by atoms with Gasteiger partial charge in [0, 0.05) is 36.5 Å². The van der Waals surface area contributed by atoms with Gasteiger partial charge in [-0.1, -0.05) is 35.5 Å². The van der Waals surface area contributed by atoms with Crippen molar-refractivity contribution in [3.8, 4) is 0 Å². The molecule has 29 heavy (non-hydrogen) atoms. The van der Waals surface area contributed by atoms with Gasteiger partial charge < -0.3 is 5.32 Å². The predicted molar refractivity (Wildman–Crippen MR) is 117 cm³/mol. The lowest BCUT2D eigenvalue weighted by Gasteiger charge is -2.06. The van der Waals surface area contributed by atoms with Crippen LogP contribution >= 0.6 is 23.1 Å². The molecule has 0 unspecified atom stereocenters. The molecule has 1 aromatic carbocycles. The third-order valence-electron chi connectivity index (χ3n) is 4.38. The van der Waals surface area contributed by atoms with Crippen LogP contribution in [0.3, 0.4) is 0 Å². The third kappa shape index (κ3) is 6.54. The van der Waals surface area contributed by atoms with Gasteiger partial charge >= 0.3 is 0 Å². The van der Waals surface area contributed by atoms with Gasteiger partial charge in [-0.05, 0) is 37.5 Å². The summed E-state index contributed by atoms with van der Waals surface area (Å²) in [6, 6.07) is 9.57. The van der Waals surface area contributed by atoms with Crippen LogP contribution in [0.25, 0.3) is 0 Å². The lowest BCUT2D eigenvalue weighted by molar-refractivity contribution is -0.120. The Morgan fingerprint density at radius 2 is 2.14 bits per heavy atom. The zero-order valence-corrected chi connectivity index (χ0v) is 18.2. The number of aromatic nitrogens is 3. The molecule has 0 radical (unpaired) electrons. The summed E-state index contributed by atoms with van der Waals surface area (Å²) in [7, 11) is 0. The molecule has 0 aliphatic heterocycles. The standard InChI is InChI=1S/C21H24N4O2S2/c1-15-6-7-16(2)17(11-15)13-28-21-24-18(14-29-21)12-19(26)22-8-4-10-25-20(27)5-3-9-23-25/h3,5-7,9,11,14H,4,8,10,12-13H2,1-2H3,(H,22,26). The summed E-state index contributed by atoms with van der Waals surface area (Å²) >= 11 is 3.27. The lowest BCUT2D eigenvalue weighted by atomic mass is 10.1. The van der Waals surface area contributed by atoms with Crippen molar-refractivity contribution in [3.63, 3.8) is 0 Å². The van der Waals surface area contributed by atoms with E-state index in [4.69, 9.17) is 0 Å². The number of nitrogens with zero attached hydrogens (tertiary/aromatic N) is 3. The summed E-state index contributed by atoms with van der Waals surface area (Å²) in [5.74, 6) is 0.814. The Morgan fingerprint density at radius 3 is 2.97 bits per heavy atom. The molecule has 0 saturated carbocycles. The van der Waals surface area contributed by atoms with Gasteiger partial charge in [0.25, 0.3) is 5.56 Å². The Morgan fingerprint density at radius 1 is 1.28 bits per heavy atom. The first kappa shape index (κ1) is 21.3. The van der Waals surface area contributed by atoms with E-state index in [2.05, 4.69) is 47.4 Å². The Labute approximate surface area is 178 Å². The highest BCUT2D eigenvalue weighted by molar-refractivity contribution is 8.00. The van der Waals surface area contributed by atoms with Crippen molar-refractivity contribution in [2.45, 2.75) is 43.3 Å². The van der Waals surface area contributed by atoms with Gasteiger partial charge in [0.15, 0.2) is 0 Å². The maximum atomic E-state index is 12.1. The number of amides is 1. The summed E-state index contributed by atoms with van der Waals surface area (Å²) in [5, 5.41) is 8.82. The van der Waals surface area contributed by atoms with E-state index < -0.39 is 0 Å². The van der Waals surface area contributed by atoms with Crippen LogP contribution in [0.5, 0.6) is 0 Å². The van der Waals surface area contributed by atoms with Crippen molar-refractivity contribution in [1.82, 2.24) is 20.1 Å². The highest BCUT2D eigenvalue weighted by atomic mass is 32.2. The van der Waals surface area contributed by atoms with E-state index in [9.17, 15) is 9.59 Å². The van der Waals surface area contributed by atoms with Crippen LogP contribution in [0.15, 0.2) is 51.0 Å². The molecule has 1 N–H and O–H groups in total. The topological polar surface area (TPSA) is 76.9 Å². The SMILES string of the molecule is Cc1ccc(C)c(CSc2nc(CC(=O)NCCCn3ncccc3=O)cs2)c1. The minimum Gasteiger partial charge on any atom is -0.356 e. The third-order valence-corrected chi connectivity index (χ3v) is 6.50. The largest absolute Gasteiger partial charge is 0.356 e. The van der Waals surface area contributed by atoms with E-state index >= 15 is 0 Å². The van der Waals surface area contributed by atoms with Crippen LogP contribution in [-0.2, 0) is 23.5 Å². The van der Waals surface area contributed by atoms with Gasteiger partial charge in [0.2, 0.25) is 5.91 Å². The minimum absolute atomic E-state index is 0.0604. The average Bonchev–Trinajstić information content (AvgIpc) is 3.14. The van der Waals surface area contributed by atoms with Crippen LogP contribution in [0.1, 0.15) is 28.8 Å². The zero-order valence-electron chi connectivity index (χ0n) is 16.6. The molecule has 3 aromatic rings. The van der Waals surface area contributed by atoms with E-state index in [1.807, 2.05) is 5.38 Å². The molecular weight excluding hydrogens is 404 g/mol.